The van der Waals surface area contributed by atoms with Gasteiger partial charge in [-0.25, -0.2) is 4.98 Å². The lowest BCUT2D eigenvalue weighted by Gasteiger charge is -2.04. The van der Waals surface area contributed by atoms with Gasteiger partial charge >= 0.3 is 0 Å². The molecule has 0 aliphatic heterocycles. The Morgan fingerprint density at radius 2 is 1.73 bits per heavy atom. The molecular weight excluding hydrogens is 254 g/mol. The fraction of sp³-hybridized carbons (Fsp3) is 0.0833. The Morgan fingerprint density at radius 1 is 1.07 bits per heavy atom. The lowest BCUT2D eigenvalue weighted by atomic mass is 10.1. The first-order chi connectivity index (χ1) is 7.16. The van der Waals surface area contributed by atoms with Gasteiger partial charge in [0.15, 0.2) is 0 Å². The summed E-state index contributed by atoms with van der Waals surface area (Å²) < 4.78 is 1.01. The van der Waals surface area contributed by atoms with Crippen LogP contribution < -0.4 is 0 Å². The minimum atomic E-state index is 0.211. The van der Waals surface area contributed by atoms with Crippen LogP contribution >= 0.6 is 15.9 Å². The average molecular weight is 264 g/mol. The van der Waals surface area contributed by atoms with Crippen molar-refractivity contribution in [3.8, 4) is 17.0 Å². The molecule has 0 atom stereocenters. The Morgan fingerprint density at radius 3 is 2.40 bits per heavy atom. The van der Waals surface area contributed by atoms with Crippen molar-refractivity contribution in [1.82, 2.24) is 4.98 Å². The molecule has 0 aliphatic rings. The van der Waals surface area contributed by atoms with Crippen LogP contribution in [0.2, 0.25) is 0 Å². The van der Waals surface area contributed by atoms with E-state index in [9.17, 15) is 5.11 Å². The van der Waals surface area contributed by atoms with Crippen molar-refractivity contribution < 1.29 is 5.11 Å². The van der Waals surface area contributed by atoms with E-state index in [1.54, 1.807) is 12.1 Å². The SMILES string of the molecule is Cc1ccc(O)c(-c2ccc(Br)cc2)n1. The maximum absolute atomic E-state index is 9.68. The van der Waals surface area contributed by atoms with Gasteiger partial charge in [-0.3, -0.25) is 0 Å². The summed E-state index contributed by atoms with van der Waals surface area (Å²) in [6.45, 7) is 1.90. The molecule has 0 saturated carbocycles. The van der Waals surface area contributed by atoms with Gasteiger partial charge in [-0.2, -0.15) is 0 Å². The number of rotatable bonds is 1. The van der Waals surface area contributed by atoms with Crippen LogP contribution in [0.15, 0.2) is 40.9 Å². The molecule has 0 saturated heterocycles. The number of nitrogens with zero attached hydrogens (tertiary/aromatic N) is 1. The second kappa shape index (κ2) is 4.03. The summed E-state index contributed by atoms with van der Waals surface area (Å²) in [5, 5.41) is 9.68. The molecule has 0 fully saturated rings. The van der Waals surface area contributed by atoms with Crippen molar-refractivity contribution >= 4 is 15.9 Å². The van der Waals surface area contributed by atoms with Gasteiger partial charge < -0.3 is 5.11 Å². The smallest absolute Gasteiger partial charge is 0.141 e. The van der Waals surface area contributed by atoms with Crippen LogP contribution in [0.5, 0.6) is 5.75 Å². The lowest BCUT2D eigenvalue weighted by Crippen LogP contribution is -1.87. The molecule has 1 aromatic heterocycles. The van der Waals surface area contributed by atoms with E-state index in [0.717, 1.165) is 15.7 Å². The molecule has 0 unspecified atom stereocenters. The molecule has 1 heterocycles. The highest BCUT2D eigenvalue weighted by Crippen LogP contribution is 2.27. The molecule has 1 aromatic carbocycles. The standard InChI is InChI=1S/C12H10BrNO/c1-8-2-7-11(15)12(14-8)9-3-5-10(13)6-4-9/h2-7,15H,1H3. The van der Waals surface area contributed by atoms with Gasteiger partial charge in [0.05, 0.1) is 0 Å². The maximum Gasteiger partial charge on any atom is 0.141 e. The molecule has 15 heavy (non-hydrogen) atoms. The molecule has 0 bridgehead atoms. The third-order valence-corrected chi connectivity index (χ3v) is 2.66. The third kappa shape index (κ3) is 2.18. The quantitative estimate of drug-likeness (QED) is 0.854. The Labute approximate surface area is 96.7 Å². The van der Waals surface area contributed by atoms with Gasteiger partial charge in [0, 0.05) is 15.7 Å². The zero-order valence-corrected chi connectivity index (χ0v) is 9.82. The second-order valence-electron chi connectivity index (χ2n) is 3.33. The summed E-state index contributed by atoms with van der Waals surface area (Å²) in [6, 6.07) is 11.2. The summed E-state index contributed by atoms with van der Waals surface area (Å²) >= 11 is 3.37. The summed E-state index contributed by atoms with van der Waals surface area (Å²) in [4.78, 5) is 4.31. The van der Waals surface area contributed by atoms with E-state index in [1.807, 2.05) is 31.2 Å². The molecular formula is C12H10BrNO. The normalized spacial score (nSPS) is 10.3. The molecule has 0 amide bonds. The number of aromatic nitrogens is 1. The zero-order valence-electron chi connectivity index (χ0n) is 8.24. The van der Waals surface area contributed by atoms with Crippen LogP contribution in [0.1, 0.15) is 5.69 Å². The van der Waals surface area contributed by atoms with E-state index in [-0.39, 0.29) is 5.75 Å². The van der Waals surface area contributed by atoms with E-state index in [1.165, 1.54) is 0 Å². The number of pyridine rings is 1. The lowest BCUT2D eigenvalue weighted by molar-refractivity contribution is 0.474. The number of aryl methyl sites for hydroxylation is 1. The maximum atomic E-state index is 9.68. The van der Waals surface area contributed by atoms with E-state index >= 15 is 0 Å². The summed E-state index contributed by atoms with van der Waals surface area (Å²) in [5.41, 5.74) is 2.44. The highest BCUT2D eigenvalue weighted by Gasteiger charge is 2.05. The van der Waals surface area contributed by atoms with Crippen LogP contribution in [-0.2, 0) is 0 Å². The van der Waals surface area contributed by atoms with Crippen molar-refractivity contribution in [3.05, 3.63) is 46.6 Å². The summed E-state index contributed by atoms with van der Waals surface area (Å²) in [7, 11) is 0. The topological polar surface area (TPSA) is 33.1 Å². The van der Waals surface area contributed by atoms with Crippen molar-refractivity contribution in [2.75, 3.05) is 0 Å². The van der Waals surface area contributed by atoms with Gasteiger partial charge in [0.25, 0.3) is 0 Å². The number of benzene rings is 1. The van der Waals surface area contributed by atoms with Crippen molar-refractivity contribution in [2.45, 2.75) is 6.92 Å². The van der Waals surface area contributed by atoms with Gasteiger partial charge in [-0.1, -0.05) is 28.1 Å². The van der Waals surface area contributed by atoms with Gasteiger partial charge in [-0.15, -0.1) is 0 Å². The Bertz CT molecular complexity index is 479. The molecule has 1 N–H and O–H groups in total. The average Bonchev–Trinajstić information content (AvgIpc) is 2.23. The Hall–Kier alpha value is -1.35. The molecule has 0 aliphatic carbocycles. The van der Waals surface area contributed by atoms with Crippen LogP contribution in [0.25, 0.3) is 11.3 Å². The third-order valence-electron chi connectivity index (χ3n) is 2.13. The molecule has 0 radical (unpaired) electrons. The summed E-state index contributed by atoms with van der Waals surface area (Å²) in [6.07, 6.45) is 0. The van der Waals surface area contributed by atoms with Gasteiger partial charge in [-0.05, 0) is 31.2 Å². The first-order valence-electron chi connectivity index (χ1n) is 4.59. The van der Waals surface area contributed by atoms with Gasteiger partial charge in [0.2, 0.25) is 0 Å². The van der Waals surface area contributed by atoms with E-state index in [2.05, 4.69) is 20.9 Å². The van der Waals surface area contributed by atoms with Gasteiger partial charge in [0.1, 0.15) is 11.4 Å². The Kier molecular flexibility index (Phi) is 2.73. The van der Waals surface area contributed by atoms with Crippen molar-refractivity contribution in [1.29, 1.82) is 0 Å². The van der Waals surface area contributed by atoms with E-state index in [4.69, 9.17) is 0 Å². The minimum absolute atomic E-state index is 0.211. The number of hydrogen-bond acceptors (Lipinski definition) is 2. The highest BCUT2D eigenvalue weighted by molar-refractivity contribution is 9.10. The van der Waals surface area contributed by atoms with Crippen LogP contribution in [0, 0.1) is 6.92 Å². The molecule has 3 heteroatoms. The molecule has 2 rings (SSSR count). The van der Waals surface area contributed by atoms with Crippen molar-refractivity contribution in [2.24, 2.45) is 0 Å². The predicted molar refractivity (Wildman–Crippen MR) is 63.8 cm³/mol. The Balaban J connectivity index is 2.53. The van der Waals surface area contributed by atoms with Crippen LogP contribution in [0.4, 0.5) is 0 Å². The van der Waals surface area contributed by atoms with Crippen LogP contribution in [-0.4, -0.2) is 10.1 Å². The summed E-state index contributed by atoms with van der Waals surface area (Å²) in [5.74, 6) is 0.211. The predicted octanol–water partition coefficient (Wildman–Crippen LogP) is 3.53. The molecule has 0 spiro atoms. The van der Waals surface area contributed by atoms with Crippen molar-refractivity contribution in [3.63, 3.8) is 0 Å². The molecule has 76 valence electrons. The molecule has 2 nitrogen and oxygen atoms in total. The largest absolute Gasteiger partial charge is 0.506 e. The number of aromatic hydroxyl groups is 1. The first-order valence-corrected chi connectivity index (χ1v) is 5.38. The fourth-order valence-electron chi connectivity index (χ4n) is 1.37. The molecule has 2 aromatic rings. The number of hydrogen-bond donors (Lipinski definition) is 1. The second-order valence-corrected chi connectivity index (χ2v) is 4.24. The zero-order chi connectivity index (χ0) is 10.8. The fourth-order valence-corrected chi connectivity index (χ4v) is 1.63. The van der Waals surface area contributed by atoms with E-state index < -0.39 is 0 Å². The highest BCUT2D eigenvalue weighted by atomic mass is 79.9. The van der Waals surface area contributed by atoms with E-state index in [0.29, 0.717) is 5.69 Å². The monoisotopic (exact) mass is 263 g/mol. The first kappa shape index (κ1) is 10.2. The number of halogens is 1. The minimum Gasteiger partial charge on any atom is -0.506 e. The van der Waals surface area contributed by atoms with Crippen LogP contribution in [0.3, 0.4) is 0 Å².